The Morgan fingerprint density at radius 2 is 1.90 bits per heavy atom. The minimum absolute atomic E-state index is 0.0122. The van der Waals surface area contributed by atoms with Crippen molar-refractivity contribution in [1.82, 2.24) is 4.90 Å². The summed E-state index contributed by atoms with van der Waals surface area (Å²) in [5, 5.41) is 8.61. The molecule has 0 aromatic heterocycles. The molecule has 6 heteroatoms. The van der Waals surface area contributed by atoms with Crippen LogP contribution in [0.1, 0.15) is 32.3 Å². The van der Waals surface area contributed by atoms with Gasteiger partial charge < -0.3 is 10.0 Å². The van der Waals surface area contributed by atoms with E-state index in [1.165, 1.54) is 6.07 Å². The molecule has 1 amide bonds. The molecule has 0 heterocycles. The molecular weight excluding hydrogens is 280 g/mol. The number of carboxylic acids is 1. The molecule has 4 nitrogen and oxygen atoms in total. The van der Waals surface area contributed by atoms with Crippen LogP contribution >= 0.6 is 0 Å². The summed E-state index contributed by atoms with van der Waals surface area (Å²) in [6, 6.07) is 3.27. The molecule has 1 aromatic rings. The molecule has 0 saturated heterocycles. The van der Waals surface area contributed by atoms with Gasteiger partial charge in [-0.2, -0.15) is 0 Å². The van der Waals surface area contributed by atoms with E-state index in [9.17, 15) is 18.4 Å². The first kappa shape index (κ1) is 17.1. The highest BCUT2D eigenvalue weighted by molar-refractivity contribution is 5.79. The number of benzene rings is 1. The van der Waals surface area contributed by atoms with Gasteiger partial charge in [-0.25, -0.2) is 8.78 Å². The number of hydrogen-bond acceptors (Lipinski definition) is 2. The minimum atomic E-state index is -0.984. The average molecular weight is 299 g/mol. The predicted molar refractivity (Wildman–Crippen MR) is 73.8 cm³/mol. The highest BCUT2D eigenvalue weighted by Crippen LogP contribution is 2.12. The standard InChI is InChI=1S/C15H19F2NO3/c1-10(2)18(7-3-4-15(20)21)14(19)9-11-5-6-12(16)13(17)8-11/h5-6,8,10H,3-4,7,9H2,1-2H3,(H,20,21). The Bertz CT molecular complexity index is 518. The van der Waals surface area contributed by atoms with Crippen molar-refractivity contribution >= 4 is 11.9 Å². The molecule has 0 radical (unpaired) electrons. The number of hydrogen-bond donors (Lipinski definition) is 1. The lowest BCUT2D eigenvalue weighted by molar-refractivity contribution is -0.138. The second kappa shape index (κ2) is 7.71. The number of carboxylic acid groups (broad SMARTS) is 1. The molecule has 0 atom stereocenters. The number of rotatable bonds is 7. The SMILES string of the molecule is CC(C)N(CCCC(=O)O)C(=O)Cc1ccc(F)c(F)c1. The molecule has 0 aliphatic carbocycles. The van der Waals surface area contributed by atoms with Gasteiger partial charge in [0.05, 0.1) is 6.42 Å². The van der Waals surface area contributed by atoms with Gasteiger partial charge in [-0.1, -0.05) is 6.07 Å². The number of nitrogens with zero attached hydrogens (tertiary/aromatic N) is 1. The van der Waals surface area contributed by atoms with E-state index in [1.54, 1.807) is 4.90 Å². The van der Waals surface area contributed by atoms with E-state index in [2.05, 4.69) is 0 Å². The first-order valence-corrected chi connectivity index (χ1v) is 6.76. The van der Waals surface area contributed by atoms with Crippen molar-refractivity contribution in [3.63, 3.8) is 0 Å². The molecule has 1 N–H and O–H groups in total. The molecule has 0 aliphatic heterocycles. The van der Waals surface area contributed by atoms with E-state index in [4.69, 9.17) is 5.11 Å². The van der Waals surface area contributed by atoms with Gasteiger partial charge in [-0.3, -0.25) is 9.59 Å². The van der Waals surface area contributed by atoms with Crippen molar-refractivity contribution in [3.05, 3.63) is 35.4 Å². The second-order valence-corrected chi connectivity index (χ2v) is 5.10. The van der Waals surface area contributed by atoms with E-state index >= 15 is 0 Å². The van der Waals surface area contributed by atoms with E-state index in [0.717, 1.165) is 12.1 Å². The van der Waals surface area contributed by atoms with Crippen LogP contribution in [0.5, 0.6) is 0 Å². The molecule has 0 spiro atoms. The van der Waals surface area contributed by atoms with Crippen LogP contribution < -0.4 is 0 Å². The Morgan fingerprint density at radius 1 is 1.24 bits per heavy atom. The summed E-state index contributed by atoms with van der Waals surface area (Å²) in [6.07, 6.45) is 0.307. The molecule has 0 saturated carbocycles. The van der Waals surface area contributed by atoms with Gasteiger partial charge in [-0.15, -0.1) is 0 Å². The Kier molecular flexibility index (Phi) is 6.27. The lowest BCUT2D eigenvalue weighted by Crippen LogP contribution is -2.38. The summed E-state index contributed by atoms with van der Waals surface area (Å²) in [5.41, 5.74) is 0.391. The largest absolute Gasteiger partial charge is 0.481 e. The second-order valence-electron chi connectivity index (χ2n) is 5.10. The van der Waals surface area contributed by atoms with Gasteiger partial charge in [0.2, 0.25) is 5.91 Å². The van der Waals surface area contributed by atoms with Crippen LogP contribution in [0.2, 0.25) is 0 Å². The van der Waals surface area contributed by atoms with Crippen LogP contribution in [0.25, 0.3) is 0 Å². The quantitative estimate of drug-likeness (QED) is 0.842. The Labute approximate surface area is 122 Å². The molecule has 0 aliphatic rings. The molecular formula is C15H19F2NO3. The fraction of sp³-hybridized carbons (Fsp3) is 0.467. The summed E-state index contributed by atoms with van der Waals surface area (Å²) < 4.78 is 26.0. The Hall–Kier alpha value is -1.98. The summed E-state index contributed by atoms with van der Waals surface area (Å²) in [5.74, 6) is -3.08. The Morgan fingerprint density at radius 3 is 2.43 bits per heavy atom. The van der Waals surface area contributed by atoms with Crippen molar-refractivity contribution in [1.29, 1.82) is 0 Å². The van der Waals surface area contributed by atoms with Crippen LogP contribution in [0, 0.1) is 11.6 Å². The fourth-order valence-electron chi connectivity index (χ4n) is 2.00. The lowest BCUT2D eigenvalue weighted by Gasteiger charge is -2.26. The van der Waals surface area contributed by atoms with Crippen LogP contribution in [-0.4, -0.2) is 34.5 Å². The zero-order valence-corrected chi connectivity index (χ0v) is 12.1. The fourth-order valence-corrected chi connectivity index (χ4v) is 2.00. The van der Waals surface area contributed by atoms with Gasteiger partial charge in [0.15, 0.2) is 11.6 Å². The first-order chi connectivity index (χ1) is 9.81. The van der Waals surface area contributed by atoms with Crippen molar-refractivity contribution in [2.75, 3.05) is 6.54 Å². The highest BCUT2D eigenvalue weighted by atomic mass is 19.2. The summed E-state index contributed by atoms with van der Waals surface area (Å²) >= 11 is 0. The number of amides is 1. The number of halogens is 2. The van der Waals surface area contributed by atoms with Gasteiger partial charge >= 0.3 is 5.97 Å². The van der Waals surface area contributed by atoms with E-state index in [-0.39, 0.29) is 24.8 Å². The van der Waals surface area contributed by atoms with Gasteiger partial charge in [0.1, 0.15) is 0 Å². The molecule has 0 fully saturated rings. The first-order valence-electron chi connectivity index (χ1n) is 6.76. The molecule has 1 rings (SSSR count). The monoisotopic (exact) mass is 299 g/mol. The molecule has 0 bridgehead atoms. The molecule has 1 aromatic carbocycles. The normalized spacial score (nSPS) is 10.7. The number of carbonyl (C=O) groups is 2. The summed E-state index contributed by atoms with van der Waals surface area (Å²) in [6.45, 7) is 3.97. The number of carbonyl (C=O) groups excluding carboxylic acids is 1. The van der Waals surface area contributed by atoms with E-state index in [0.29, 0.717) is 18.5 Å². The third kappa shape index (κ3) is 5.49. The third-order valence-corrected chi connectivity index (χ3v) is 3.07. The third-order valence-electron chi connectivity index (χ3n) is 3.07. The zero-order valence-electron chi connectivity index (χ0n) is 12.1. The highest BCUT2D eigenvalue weighted by Gasteiger charge is 2.18. The maximum Gasteiger partial charge on any atom is 0.303 e. The lowest BCUT2D eigenvalue weighted by atomic mass is 10.1. The summed E-state index contributed by atoms with van der Waals surface area (Å²) in [7, 11) is 0. The average Bonchev–Trinajstić information content (AvgIpc) is 2.38. The van der Waals surface area contributed by atoms with Gasteiger partial charge in [0, 0.05) is 19.0 Å². The predicted octanol–water partition coefficient (Wildman–Crippen LogP) is 2.61. The summed E-state index contributed by atoms with van der Waals surface area (Å²) in [4.78, 5) is 24.2. The topological polar surface area (TPSA) is 57.6 Å². The van der Waals surface area contributed by atoms with Gasteiger partial charge in [0.25, 0.3) is 0 Å². The minimum Gasteiger partial charge on any atom is -0.481 e. The number of aliphatic carboxylic acids is 1. The molecule has 21 heavy (non-hydrogen) atoms. The van der Waals surface area contributed by atoms with E-state index < -0.39 is 17.6 Å². The smallest absolute Gasteiger partial charge is 0.303 e. The van der Waals surface area contributed by atoms with Crippen LogP contribution in [-0.2, 0) is 16.0 Å². The maximum absolute atomic E-state index is 13.1. The van der Waals surface area contributed by atoms with Crippen molar-refractivity contribution in [2.24, 2.45) is 0 Å². The van der Waals surface area contributed by atoms with Crippen molar-refractivity contribution in [2.45, 2.75) is 39.2 Å². The maximum atomic E-state index is 13.1. The molecule has 0 unspecified atom stereocenters. The van der Waals surface area contributed by atoms with Crippen LogP contribution in [0.15, 0.2) is 18.2 Å². The van der Waals surface area contributed by atoms with Crippen molar-refractivity contribution in [3.8, 4) is 0 Å². The van der Waals surface area contributed by atoms with Crippen LogP contribution in [0.4, 0.5) is 8.78 Å². The molecule has 116 valence electrons. The van der Waals surface area contributed by atoms with Gasteiger partial charge in [-0.05, 0) is 38.0 Å². The Balaban J connectivity index is 2.67. The zero-order chi connectivity index (χ0) is 16.0. The van der Waals surface area contributed by atoms with Crippen molar-refractivity contribution < 1.29 is 23.5 Å². The van der Waals surface area contributed by atoms with E-state index in [1.807, 2.05) is 13.8 Å². The van der Waals surface area contributed by atoms with Crippen LogP contribution in [0.3, 0.4) is 0 Å².